The minimum absolute atomic E-state index is 0.334. The molecule has 1 atom stereocenters. The van der Waals surface area contributed by atoms with Crippen LogP contribution in [0.3, 0.4) is 0 Å². The molecule has 3 nitrogen and oxygen atoms in total. The Kier molecular flexibility index (Phi) is 5.26. The van der Waals surface area contributed by atoms with Gasteiger partial charge in [0.15, 0.2) is 0 Å². The fourth-order valence-electron chi connectivity index (χ4n) is 2.12. The summed E-state index contributed by atoms with van der Waals surface area (Å²) in [6.07, 6.45) is 0. The van der Waals surface area contributed by atoms with Gasteiger partial charge < -0.3 is 4.74 Å². The second kappa shape index (κ2) is 6.95. The van der Waals surface area contributed by atoms with Gasteiger partial charge in [-0.2, -0.15) is 0 Å². The zero-order valence-corrected chi connectivity index (χ0v) is 12.6. The van der Waals surface area contributed by atoms with Crippen LogP contribution in [0.5, 0.6) is 5.75 Å². The molecule has 2 aromatic rings. The molecule has 2 aromatic carbocycles. The first kappa shape index (κ1) is 15.1. The molecule has 2 rings (SSSR count). The molecular weight excluding hydrogens is 295 g/mol. The maximum Gasteiger partial charge on any atom is 0.124 e. The molecule has 20 heavy (non-hydrogen) atoms. The highest BCUT2D eigenvalue weighted by Gasteiger charge is 2.21. The van der Waals surface area contributed by atoms with Gasteiger partial charge in [-0.1, -0.05) is 47.5 Å². The van der Waals surface area contributed by atoms with Gasteiger partial charge in [0.25, 0.3) is 0 Å². The van der Waals surface area contributed by atoms with Crippen LogP contribution in [0.25, 0.3) is 0 Å². The van der Waals surface area contributed by atoms with Crippen molar-refractivity contribution in [3.8, 4) is 5.75 Å². The quantitative estimate of drug-likeness (QED) is 0.649. The van der Waals surface area contributed by atoms with Crippen LogP contribution in [-0.4, -0.2) is 6.61 Å². The van der Waals surface area contributed by atoms with Crippen molar-refractivity contribution in [2.75, 3.05) is 6.61 Å². The summed E-state index contributed by atoms with van der Waals surface area (Å²) in [5, 5.41) is 1.12. The molecule has 0 bridgehead atoms. The van der Waals surface area contributed by atoms with Gasteiger partial charge in [0, 0.05) is 21.2 Å². The topological polar surface area (TPSA) is 47.3 Å². The maximum atomic E-state index is 6.26. The molecule has 0 fully saturated rings. The van der Waals surface area contributed by atoms with Gasteiger partial charge in [-0.25, -0.2) is 5.43 Å². The Morgan fingerprint density at radius 1 is 1.10 bits per heavy atom. The number of nitrogens with two attached hydrogens (primary N) is 1. The third kappa shape index (κ3) is 3.07. The summed E-state index contributed by atoms with van der Waals surface area (Å²) in [6, 6.07) is 12.7. The lowest BCUT2D eigenvalue weighted by atomic mass is 9.98. The van der Waals surface area contributed by atoms with E-state index in [9.17, 15) is 0 Å². The Morgan fingerprint density at radius 3 is 2.35 bits per heavy atom. The van der Waals surface area contributed by atoms with E-state index in [2.05, 4.69) is 5.43 Å². The molecule has 0 aliphatic heterocycles. The summed E-state index contributed by atoms with van der Waals surface area (Å²) >= 11 is 12.5. The predicted octanol–water partition coefficient (Wildman–Crippen LogP) is 3.94. The molecular formula is C15H16Cl2N2O. The molecule has 0 aliphatic rings. The second-order valence-corrected chi connectivity index (χ2v) is 5.02. The van der Waals surface area contributed by atoms with Crippen LogP contribution < -0.4 is 16.0 Å². The normalized spacial score (nSPS) is 12.2. The number of rotatable bonds is 5. The van der Waals surface area contributed by atoms with Crippen LogP contribution in [-0.2, 0) is 0 Å². The highest BCUT2D eigenvalue weighted by Crippen LogP contribution is 2.37. The molecule has 0 saturated heterocycles. The Balaban J connectivity index is 2.53. The van der Waals surface area contributed by atoms with Gasteiger partial charge >= 0.3 is 0 Å². The number of halogens is 2. The van der Waals surface area contributed by atoms with Crippen molar-refractivity contribution in [1.82, 2.24) is 5.43 Å². The third-order valence-corrected chi connectivity index (χ3v) is 3.64. The van der Waals surface area contributed by atoms with Gasteiger partial charge in [0.1, 0.15) is 5.75 Å². The van der Waals surface area contributed by atoms with Gasteiger partial charge in [-0.15, -0.1) is 0 Å². The predicted molar refractivity (Wildman–Crippen MR) is 83.2 cm³/mol. The van der Waals surface area contributed by atoms with E-state index in [0.29, 0.717) is 16.7 Å². The molecule has 3 N–H and O–H groups in total. The summed E-state index contributed by atoms with van der Waals surface area (Å²) < 4.78 is 5.64. The monoisotopic (exact) mass is 310 g/mol. The highest BCUT2D eigenvalue weighted by molar-refractivity contribution is 6.36. The molecule has 106 valence electrons. The van der Waals surface area contributed by atoms with Crippen molar-refractivity contribution in [3.05, 3.63) is 63.6 Å². The number of nitrogens with one attached hydrogen (secondary N) is 1. The molecule has 0 aromatic heterocycles. The first-order chi connectivity index (χ1) is 9.69. The van der Waals surface area contributed by atoms with Crippen molar-refractivity contribution < 1.29 is 4.74 Å². The summed E-state index contributed by atoms with van der Waals surface area (Å²) in [6.45, 7) is 2.51. The van der Waals surface area contributed by atoms with E-state index in [1.807, 2.05) is 31.2 Å². The minimum atomic E-state index is -0.334. The number of benzene rings is 2. The Hall–Kier alpha value is -1.26. The van der Waals surface area contributed by atoms with Crippen molar-refractivity contribution in [1.29, 1.82) is 0 Å². The van der Waals surface area contributed by atoms with E-state index in [1.165, 1.54) is 0 Å². The first-order valence-electron chi connectivity index (χ1n) is 6.30. The lowest BCUT2D eigenvalue weighted by Gasteiger charge is -2.22. The molecule has 0 amide bonds. The number of hydrazine groups is 1. The molecule has 0 saturated carbocycles. The van der Waals surface area contributed by atoms with Gasteiger partial charge in [0.05, 0.1) is 12.6 Å². The Bertz CT molecular complexity index is 570. The maximum absolute atomic E-state index is 6.26. The van der Waals surface area contributed by atoms with Crippen molar-refractivity contribution >= 4 is 23.2 Å². The van der Waals surface area contributed by atoms with Gasteiger partial charge in [0.2, 0.25) is 0 Å². The third-order valence-electron chi connectivity index (χ3n) is 2.98. The van der Waals surface area contributed by atoms with Crippen LogP contribution in [0, 0.1) is 0 Å². The Labute approximate surface area is 128 Å². The smallest absolute Gasteiger partial charge is 0.124 e. The van der Waals surface area contributed by atoms with E-state index in [-0.39, 0.29) is 6.04 Å². The van der Waals surface area contributed by atoms with E-state index in [4.69, 9.17) is 33.8 Å². The first-order valence-corrected chi connectivity index (χ1v) is 7.06. The SMILES string of the molecule is CCOc1ccccc1C(NN)c1c(Cl)cccc1Cl. The van der Waals surface area contributed by atoms with E-state index < -0.39 is 0 Å². The minimum Gasteiger partial charge on any atom is -0.494 e. The van der Waals surface area contributed by atoms with Gasteiger partial charge in [-0.3, -0.25) is 5.84 Å². The van der Waals surface area contributed by atoms with E-state index in [0.717, 1.165) is 16.9 Å². The summed E-state index contributed by atoms with van der Waals surface area (Å²) in [4.78, 5) is 0. The zero-order valence-electron chi connectivity index (χ0n) is 11.1. The fourth-order valence-corrected chi connectivity index (χ4v) is 2.74. The van der Waals surface area contributed by atoms with E-state index in [1.54, 1.807) is 18.2 Å². The second-order valence-electron chi connectivity index (χ2n) is 4.21. The summed E-state index contributed by atoms with van der Waals surface area (Å²) in [5.41, 5.74) is 4.40. The summed E-state index contributed by atoms with van der Waals surface area (Å²) in [5.74, 6) is 6.48. The number of hydrogen-bond acceptors (Lipinski definition) is 3. The molecule has 1 unspecified atom stereocenters. The molecule has 0 spiro atoms. The fraction of sp³-hybridized carbons (Fsp3) is 0.200. The van der Waals surface area contributed by atoms with Gasteiger partial charge in [-0.05, 0) is 25.1 Å². The van der Waals surface area contributed by atoms with Crippen molar-refractivity contribution in [2.24, 2.45) is 5.84 Å². The standard InChI is InChI=1S/C15H16Cl2N2O/c1-2-20-13-9-4-3-6-10(13)15(19-18)14-11(16)7-5-8-12(14)17/h3-9,15,19H,2,18H2,1H3. The zero-order chi connectivity index (χ0) is 14.5. The highest BCUT2D eigenvalue weighted by atomic mass is 35.5. The van der Waals surface area contributed by atoms with Crippen molar-refractivity contribution in [3.63, 3.8) is 0 Å². The van der Waals surface area contributed by atoms with Crippen LogP contribution in [0.4, 0.5) is 0 Å². The average Bonchev–Trinajstić information content (AvgIpc) is 2.44. The van der Waals surface area contributed by atoms with Crippen LogP contribution in [0.1, 0.15) is 24.1 Å². The number of hydrogen-bond donors (Lipinski definition) is 2. The Morgan fingerprint density at radius 2 is 1.75 bits per heavy atom. The largest absolute Gasteiger partial charge is 0.494 e. The van der Waals surface area contributed by atoms with Crippen LogP contribution in [0.2, 0.25) is 10.0 Å². The van der Waals surface area contributed by atoms with E-state index >= 15 is 0 Å². The number of para-hydroxylation sites is 1. The average molecular weight is 311 g/mol. The molecule has 5 heteroatoms. The van der Waals surface area contributed by atoms with Crippen LogP contribution in [0.15, 0.2) is 42.5 Å². The van der Waals surface area contributed by atoms with Crippen LogP contribution >= 0.6 is 23.2 Å². The molecule has 0 aliphatic carbocycles. The molecule has 0 radical (unpaired) electrons. The lowest BCUT2D eigenvalue weighted by Crippen LogP contribution is -2.29. The number of ether oxygens (including phenoxy) is 1. The summed E-state index contributed by atoms with van der Waals surface area (Å²) in [7, 11) is 0. The molecule has 0 heterocycles. The lowest BCUT2D eigenvalue weighted by molar-refractivity contribution is 0.333. The van der Waals surface area contributed by atoms with Crippen molar-refractivity contribution in [2.45, 2.75) is 13.0 Å².